The molecule has 10 heteroatoms. The van der Waals surface area contributed by atoms with E-state index in [4.69, 9.17) is 5.26 Å². The fraction of sp³-hybridized carbons (Fsp3) is 0.240. The van der Waals surface area contributed by atoms with E-state index in [0.717, 1.165) is 11.2 Å². The topological polar surface area (TPSA) is 128 Å². The number of carbonyl (C=O) groups is 1. The first kappa shape index (κ1) is 23.8. The maximum absolute atomic E-state index is 14.2. The van der Waals surface area contributed by atoms with Gasteiger partial charge >= 0.3 is 0 Å². The zero-order valence-corrected chi connectivity index (χ0v) is 19.5. The third-order valence-corrected chi connectivity index (χ3v) is 5.44. The van der Waals surface area contributed by atoms with Crippen LogP contribution in [0.4, 0.5) is 15.8 Å². The number of nitrogens with one attached hydrogen (secondary N) is 2. The normalized spacial score (nSPS) is 12.2. The summed E-state index contributed by atoms with van der Waals surface area (Å²) in [7, 11) is 0. The smallest absolute Gasteiger partial charge is 0.255 e. The summed E-state index contributed by atoms with van der Waals surface area (Å²) in [5.41, 5.74) is 2.88. The first-order valence-corrected chi connectivity index (χ1v) is 10.9. The Labute approximate surface area is 201 Å². The van der Waals surface area contributed by atoms with E-state index in [1.807, 2.05) is 31.2 Å². The van der Waals surface area contributed by atoms with Crippen molar-refractivity contribution in [2.45, 2.75) is 32.5 Å². The second kappa shape index (κ2) is 9.48. The van der Waals surface area contributed by atoms with Crippen molar-refractivity contribution in [3.8, 4) is 17.5 Å². The lowest BCUT2D eigenvalue weighted by atomic mass is 10.0. The molecule has 0 aromatic carbocycles. The number of aromatic nitrogens is 4. The molecule has 3 N–H and O–H groups in total. The first-order chi connectivity index (χ1) is 16.7. The van der Waals surface area contributed by atoms with Crippen molar-refractivity contribution in [1.82, 2.24) is 24.9 Å². The molecule has 1 unspecified atom stereocenters. The number of rotatable bonds is 7. The van der Waals surface area contributed by atoms with Crippen LogP contribution < -0.4 is 10.6 Å². The molecule has 4 aromatic rings. The summed E-state index contributed by atoms with van der Waals surface area (Å²) in [5.74, 6) is -0.546. The van der Waals surface area contributed by atoms with Crippen LogP contribution in [0.3, 0.4) is 0 Å². The van der Waals surface area contributed by atoms with Crippen molar-refractivity contribution < 1.29 is 14.3 Å². The Balaban J connectivity index is 1.71. The van der Waals surface area contributed by atoms with Gasteiger partial charge in [-0.2, -0.15) is 10.4 Å². The highest BCUT2D eigenvalue weighted by Gasteiger charge is 2.27. The number of pyridine rings is 2. The average Bonchev–Trinajstić information content (AvgIpc) is 3.26. The number of nitriles is 1. The Hall–Kier alpha value is -4.36. The zero-order valence-electron chi connectivity index (χ0n) is 19.5. The van der Waals surface area contributed by atoms with Gasteiger partial charge in [0.1, 0.15) is 12.2 Å². The largest absolute Gasteiger partial charge is 0.387 e. The number of carbonyl (C=O) groups excluding carboxylic acids is 1. The molecule has 0 bridgehead atoms. The Kier molecular flexibility index (Phi) is 6.44. The van der Waals surface area contributed by atoms with Crippen LogP contribution in [0.2, 0.25) is 0 Å². The van der Waals surface area contributed by atoms with E-state index in [9.17, 15) is 14.3 Å². The number of fused-ring (bicyclic) bond motifs is 1. The second-order valence-corrected chi connectivity index (χ2v) is 8.67. The molecule has 0 aliphatic heterocycles. The molecular formula is C25H24FN7O2. The van der Waals surface area contributed by atoms with E-state index >= 15 is 0 Å². The molecule has 4 aromatic heterocycles. The van der Waals surface area contributed by atoms with Crippen LogP contribution >= 0.6 is 0 Å². The molecule has 0 aliphatic carbocycles. The number of nitrogens with zero attached hydrogens (tertiary/aromatic N) is 5. The van der Waals surface area contributed by atoms with Crippen molar-refractivity contribution in [2.75, 3.05) is 11.9 Å². The molecule has 4 rings (SSSR count). The van der Waals surface area contributed by atoms with E-state index in [1.165, 1.54) is 26.2 Å². The lowest BCUT2D eigenvalue weighted by molar-refractivity contribution is -0.00177. The minimum absolute atomic E-state index is 0.192. The van der Waals surface area contributed by atoms with Gasteiger partial charge in [-0.3, -0.25) is 14.8 Å². The average molecular weight is 474 g/mol. The number of anilines is 2. The number of aryl methyl sites for hydroxylation is 1. The standard InChI is InChI=1S/C25H24FN7O2/c1-15-4-5-17(12-28-15)32-20-9-21(22-7-6-18-8-16(10-27)11-31-33(18)22)29-13-19(20)24(34)30-14-23(26)25(2,3)35/h4-9,11-13,23,35H,14H2,1-3H3,(H,29,32)(H,30,34). The van der Waals surface area contributed by atoms with Crippen molar-refractivity contribution in [1.29, 1.82) is 5.26 Å². The molecule has 1 atom stereocenters. The minimum atomic E-state index is -1.65. The first-order valence-electron chi connectivity index (χ1n) is 10.9. The van der Waals surface area contributed by atoms with Gasteiger partial charge in [0, 0.05) is 11.9 Å². The van der Waals surface area contributed by atoms with Crippen LogP contribution in [-0.2, 0) is 0 Å². The van der Waals surface area contributed by atoms with Crippen LogP contribution in [0.15, 0.2) is 55.0 Å². The van der Waals surface area contributed by atoms with Crippen LogP contribution in [0, 0.1) is 18.3 Å². The Morgan fingerprint density at radius 3 is 2.69 bits per heavy atom. The Morgan fingerprint density at radius 1 is 1.20 bits per heavy atom. The molecule has 178 valence electrons. The van der Waals surface area contributed by atoms with E-state index in [-0.39, 0.29) is 12.1 Å². The molecule has 9 nitrogen and oxygen atoms in total. The zero-order chi connectivity index (χ0) is 25.2. The molecule has 0 saturated heterocycles. The summed E-state index contributed by atoms with van der Waals surface area (Å²) >= 11 is 0. The van der Waals surface area contributed by atoms with Gasteiger partial charge in [-0.15, -0.1) is 0 Å². The Bertz CT molecular complexity index is 1420. The summed E-state index contributed by atoms with van der Waals surface area (Å²) in [6, 6.07) is 12.8. The van der Waals surface area contributed by atoms with Crippen LogP contribution in [0.5, 0.6) is 0 Å². The van der Waals surface area contributed by atoms with Crippen LogP contribution in [-0.4, -0.2) is 48.9 Å². The number of hydrogen-bond donors (Lipinski definition) is 3. The fourth-order valence-corrected chi connectivity index (χ4v) is 3.36. The SMILES string of the molecule is Cc1ccc(Nc2cc(-c3ccc4cc(C#N)cnn34)ncc2C(=O)NCC(F)C(C)(C)O)cn1. The highest BCUT2D eigenvalue weighted by molar-refractivity contribution is 6.00. The van der Waals surface area contributed by atoms with Crippen molar-refractivity contribution >= 4 is 22.8 Å². The van der Waals surface area contributed by atoms with Gasteiger partial charge in [0.25, 0.3) is 5.91 Å². The molecule has 1 amide bonds. The molecule has 0 spiro atoms. The molecular weight excluding hydrogens is 449 g/mol. The summed E-state index contributed by atoms with van der Waals surface area (Å²) in [6.07, 6.45) is 2.86. The molecule has 0 fully saturated rings. The van der Waals surface area contributed by atoms with E-state index in [1.54, 1.807) is 22.8 Å². The van der Waals surface area contributed by atoms with Gasteiger partial charge in [0.2, 0.25) is 0 Å². The lowest BCUT2D eigenvalue weighted by Crippen LogP contribution is -2.42. The van der Waals surface area contributed by atoms with E-state index < -0.39 is 17.7 Å². The quantitative estimate of drug-likeness (QED) is 0.374. The van der Waals surface area contributed by atoms with Crippen molar-refractivity contribution in [3.05, 3.63) is 71.8 Å². The monoisotopic (exact) mass is 473 g/mol. The van der Waals surface area contributed by atoms with Crippen molar-refractivity contribution in [3.63, 3.8) is 0 Å². The molecule has 0 radical (unpaired) electrons. The highest BCUT2D eigenvalue weighted by Crippen LogP contribution is 2.27. The van der Waals surface area contributed by atoms with Gasteiger partial charge in [-0.05, 0) is 57.2 Å². The van der Waals surface area contributed by atoms with E-state index in [2.05, 4.69) is 31.8 Å². The van der Waals surface area contributed by atoms with Crippen molar-refractivity contribution in [2.24, 2.45) is 0 Å². The van der Waals surface area contributed by atoms with Gasteiger partial charge < -0.3 is 15.7 Å². The molecule has 4 heterocycles. The Morgan fingerprint density at radius 2 is 2.00 bits per heavy atom. The second-order valence-electron chi connectivity index (χ2n) is 8.67. The highest BCUT2D eigenvalue weighted by atomic mass is 19.1. The van der Waals surface area contributed by atoms with Crippen LogP contribution in [0.1, 0.15) is 35.5 Å². The van der Waals surface area contributed by atoms with Gasteiger partial charge in [-0.25, -0.2) is 8.91 Å². The van der Waals surface area contributed by atoms with E-state index in [0.29, 0.717) is 28.3 Å². The third-order valence-electron chi connectivity index (χ3n) is 5.44. The lowest BCUT2D eigenvalue weighted by Gasteiger charge is -2.22. The fourth-order valence-electron chi connectivity index (χ4n) is 3.36. The predicted molar refractivity (Wildman–Crippen MR) is 129 cm³/mol. The summed E-state index contributed by atoms with van der Waals surface area (Å²) < 4.78 is 15.8. The molecule has 0 aliphatic rings. The molecule has 35 heavy (non-hydrogen) atoms. The van der Waals surface area contributed by atoms with Gasteiger partial charge in [0.15, 0.2) is 0 Å². The maximum Gasteiger partial charge on any atom is 0.255 e. The number of amides is 1. The summed E-state index contributed by atoms with van der Waals surface area (Å²) in [6.45, 7) is 4.19. The number of alkyl halides is 1. The summed E-state index contributed by atoms with van der Waals surface area (Å²) in [5, 5.41) is 29.0. The predicted octanol–water partition coefficient (Wildman–Crippen LogP) is 3.55. The number of hydrogen-bond acceptors (Lipinski definition) is 7. The van der Waals surface area contributed by atoms with Gasteiger partial charge in [0.05, 0.1) is 63.9 Å². The summed E-state index contributed by atoms with van der Waals surface area (Å²) in [4.78, 5) is 21.6. The number of halogens is 1. The minimum Gasteiger partial charge on any atom is -0.387 e. The van der Waals surface area contributed by atoms with Crippen LogP contribution in [0.25, 0.3) is 16.9 Å². The molecule has 0 saturated carbocycles. The number of aliphatic hydroxyl groups is 1. The van der Waals surface area contributed by atoms with Gasteiger partial charge in [-0.1, -0.05) is 0 Å². The third kappa shape index (κ3) is 5.26. The maximum atomic E-state index is 14.2.